The van der Waals surface area contributed by atoms with E-state index in [1.54, 1.807) is 11.3 Å². The average Bonchev–Trinajstić information content (AvgIpc) is 2.82. The molecule has 2 rings (SSSR count). The van der Waals surface area contributed by atoms with Crippen LogP contribution in [0.15, 0.2) is 46.3 Å². The quantitative estimate of drug-likeness (QED) is 0.831. The Balaban J connectivity index is 1.92. The SMILES string of the molecule is O=C(NCc1cc(Br)cs1)C(Cl)c1ccccc1. The lowest BCUT2D eigenvalue weighted by atomic mass is 10.1. The third-order valence-electron chi connectivity index (χ3n) is 2.38. The molecule has 1 N–H and O–H groups in total. The van der Waals surface area contributed by atoms with Crippen molar-refractivity contribution in [3.8, 4) is 0 Å². The van der Waals surface area contributed by atoms with E-state index in [0.29, 0.717) is 6.54 Å². The van der Waals surface area contributed by atoms with Crippen LogP contribution in [0.2, 0.25) is 0 Å². The highest BCUT2D eigenvalue weighted by Crippen LogP contribution is 2.22. The molecular weight excluding hydrogens is 334 g/mol. The van der Waals surface area contributed by atoms with Crippen molar-refractivity contribution in [1.82, 2.24) is 5.32 Å². The molecule has 5 heteroatoms. The van der Waals surface area contributed by atoms with Gasteiger partial charge in [0, 0.05) is 14.7 Å². The van der Waals surface area contributed by atoms with Gasteiger partial charge in [0.25, 0.3) is 0 Å². The fourth-order valence-corrected chi connectivity index (χ4v) is 3.10. The zero-order valence-corrected chi connectivity index (χ0v) is 12.6. The van der Waals surface area contributed by atoms with Crippen LogP contribution in [0.1, 0.15) is 15.8 Å². The summed E-state index contributed by atoms with van der Waals surface area (Å²) in [6, 6.07) is 11.3. The minimum Gasteiger partial charge on any atom is -0.350 e. The maximum Gasteiger partial charge on any atom is 0.242 e. The van der Waals surface area contributed by atoms with Crippen molar-refractivity contribution < 1.29 is 4.79 Å². The molecule has 0 aliphatic heterocycles. The summed E-state index contributed by atoms with van der Waals surface area (Å²) in [6.45, 7) is 0.505. The first-order chi connectivity index (χ1) is 8.66. The van der Waals surface area contributed by atoms with Gasteiger partial charge in [-0.2, -0.15) is 0 Å². The maximum absolute atomic E-state index is 11.9. The molecule has 1 heterocycles. The lowest BCUT2D eigenvalue weighted by Gasteiger charge is -2.09. The topological polar surface area (TPSA) is 29.1 Å². The van der Waals surface area contributed by atoms with Crippen molar-refractivity contribution in [2.75, 3.05) is 0 Å². The second kappa shape index (κ2) is 6.36. The average molecular weight is 345 g/mol. The van der Waals surface area contributed by atoms with E-state index < -0.39 is 5.38 Å². The molecule has 0 saturated carbocycles. The molecule has 0 aliphatic carbocycles. The molecule has 0 fully saturated rings. The van der Waals surface area contributed by atoms with Crippen molar-refractivity contribution in [2.24, 2.45) is 0 Å². The number of alkyl halides is 1. The number of nitrogens with one attached hydrogen (secondary N) is 1. The van der Waals surface area contributed by atoms with Crippen LogP contribution in [0, 0.1) is 0 Å². The Morgan fingerprint density at radius 1 is 1.39 bits per heavy atom. The van der Waals surface area contributed by atoms with Crippen molar-refractivity contribution >= 4 is 44.8 Å². The van der Waals surface area contributed by atoms with E-state index in [2.05, 4.69) is 21.2 Å². The van der Waals surface area contributed by atoms with Gasteiger partial charge in [-0.1, -0.05) is 30.3 Å². The molecule has 18 heavy (non-hydrogen) atoms. The molecule has 1 aromatic heterocycles. The third-order valence-corrected chi connectivity index (χ3v) is 4.53. The van der Waals surface area contributed by atoms with Gasteiger partial charge in [-0.05, 0) is 27.6 Å². The van der Waals surface area contributed by atoms with Gasteiger partial charge in [0.15, 0.2) is 0 Å². The lowest BCUT2D eigenvalue weighted by molar-refractivity contribution is -0.121. The van der Waals surface area contributed by atoms with Crippen LogP contribution in [0.5, 0.6) is 0 Å². The number of hydrogen-bond donors (Lipinski definition) is 1. The van der Waals surface area contributed by atoms with Crippen molar-refractivity contribution in [2.45, 2.75) is 11.9 Å². The van der Waals surface area contributed by atoms with Gasteiger partial charge < -0.3 is 5.32 Å². The van der Waals surface area contributed by atoms with E-state index in [0.717, 1.165) is 14.9 Å². The zero-order chi connectivity index (χ0) is 13.0. The number of carbonyl (C=O) groups is 1. The Labute approximate surface area is 123 Å². The van der Waals surface area contributed by atoms with E-state index in [1.165, 1.54) is 0 Å². The van der Waals surface area contributed by atoms with Crippen LogP contribution in [-0.4, -0.2) is 5.91 Å². The van der Waals surface area contributed by atoms with Crippen LogP contribution in [0.4, 0.5) is 0 Å². The Bertz CT molecular complexity index is 529. The fraction of sp³-hybridized carbons (Fsp3) is 0.154. The molecule has 0 spiro atoms. The summed E-state index contributed by atoms with van der Waals surface area (Å²) >= 11 is 11.1. The molecule has 1 amide bonds. The van der Waals surface area contributed by atoms with Crippen LogP contribution in [0.25, 0.3) is 0 Å². The molecule has 1 aromatic carbocycles. The first-order valence-electron chi connectivity index (χ1n) is 5.36. The molecule has 0 bridgehead atoms. The number of rotatable bonds is 4. The second-order valence-corrected chi connectivity index (χ2v) is 6.07. The van der Waals surface area contributed by atoms with Crippen LogP contribution in [0.3, 0.4) is 0 Å². The summed E-state index contributed by atoms with van der Waals surface area (Å²) in [6.07, 6.45) is 0. The number of thiophene rings is 1. The van der Waals surface area contributed by atoms with Crippen molar-refractivity contribution in [3.63, 3.8) is 0 Å². The summed E-state index contributed by atoms with van der Waals surface area (Å²) in [4.78, 5) is 13.0. The Hall–Kier alpha value is -0.840. The smallest absolute Gasteiger partial charge is 0.242 e. The van der Waals surface area contributed by atoms with Crippen LogP contribution in [-0.2, 0) is 11.3 Å². The number of amides is 1. The van der Waals surface area contributed by atoms with Gasteiger partial charge in [0.05, 0.1) is 6.54 Å². The molecular formula is C13H11BrClNOS. The number of carbonyl (C=O) groups excluding carboxylic acids is 1. The normalized spacial score (nSPS) is 12.1. The van der Waals surface area contributed by atoms with E-state index in [-0.39, 0.29) is 5.91 Å². The van der Waals surface area contributed by atoms with Gasteiger partial charge >= 0.3 is 0 Å². The maximum atomic E-state index is 11.9. The minimum absolute atomic E-state index is 0.174. The molecule has 2 aromatic rings. The molecule has 0 aliphatic rings. The van der Waals surface area contributed by atoms with Gasteiger partial charge in [0.1, 0.15) is 5.38 Å². The summed E-state index contributed by atoms with van der Waals surface area (Å²) < 4.78 is 1.03. The Kier molecular flexibility index (Phi) is 4.80. The molecule has 1 unspecified atom stereocenters. The molecule has 2 nitrogen and oxygen atoms in total. The fourth-order valence-electron chi connectivity index (χ4n) is 1.48. The summed E-state index contributed by atoms with van der Waals surface area (Å²) in [5, 5.41) is 4.17. The van der Waals surface area contributed by atoms with E-state index in [9.17, 15) is 4.79 Å². The molecule has 94 valence electrons. The monoisotopic (exact) mass is 343 g/mol. The standard InChI is InChI=1S/C13H11BrClNOS/c14-10-6-11(18-8-10)7-16-13(17)12(15)9-4-2-1-3-5-9/h1-6,8,12H,7H2,(H,16,17). The predicted molar refractivity (Wildman–Crippen MR) is 78.9 cm³/mol. The van der Waals surface area contributed by atoms with E-state index in [4.69, 9.17) is 11.6 Å². The van der Waals surface area contributed by atoms with Crippen LogP contribution >= 0.6 is 38.9 Å². The highest BCUT2D eigenvalue weighted by Gasteiger charge is 2.16. The summed E-state index contributed by atoms with van der Waals surface area (Å²) in [5.74, 6) is -0.174. The van der Waals surface area contributed by atoms with Gasteiger partial charge in [0.2, 0.25) is 5.91 Å². The minimum atomic E-state index is -0.644. The van der Waals surface area contributed by atoms with Gasteiger partial charge in [-0.3, -0.25) is 4.79 Å². The highest BCUT2D eigenvalue weighted by atomic mass is 79.9. The molecule has 0 radical (unpaired) electrons. The summed E-state index contributed by atoms with van der Waals surface area (Å²) in [5.41, 5.74) is 0.809. The third kappa shape index (κ3) is 3.57. The Morgan fingerprint density at radius 3 is 2.72 bits per heavy atom. The van der Waals surface area contributed by atoms with Gasteiger partial charge in [-0.15, -0.1) is 22.9 Å². The first kappa shape index (κ1) is 13.6. The molecule has 1 atom stereocenters. The first-order valence-corrected chi connectivity index (χ1v) is 7.47. The highest BCUT2D eigenvalue weighted by molar-refractivity contribution is 9.10. The predicted octanol–water partition coefficient (Wildman–Crippen LogP) is 4.11. The summed E-state index contributed by atoms with van der Waals surface area (Å²) in [7, 11) is 0. The van der Waals surface area contributed by atoms with Gasteiger partial charge in [-0.25, -0.2) is 0 Å². The Morgan fingerprint density at radius 2 is 2.11 bits per heavy atom. The van der Waals surface area contributed by atoms with Crippen LogP contribution < -0.4 is 5.32 Å². The van der Waals surface area contributed by atoms with Crippen molar-refractivity contribution in [3.05, 3.63) is 56.7 Å². The lowest BCUT2D eigenvalue weighted by Crippen LogP contribution is -2.26. The van der Waals surface area contributed by atoms with E-state index >= 15 is 0 Å². The second-order valence-electron chi connectivity index (χ2n) is 3.72. The largest absolute Gasteiger partial charge is 0.350 e. The van der Waals surface area contributed by atoms with Crippen molar-refractivity contribution in [1.29, 1.82) is 0 Å². The number of hydrogen-bond acceptors (Lipinski definition) is 2. The van der Waals surface area contributed by atoms with E-state index in [1.807, 2.05) is 41.8 Å². The zero-order valence-electron chi connectivity index (χ0n) is 9.40. The molecule has 0 saturated heterocycles. The number of benzene rings is 1. The number of halogens is 2.